The minimum atomic E-state index is -0.0606. The van der Waals surface area contributed by atoms with Gasteiger partial charge in [-0.2, -0.15) is 0 Å². The molecule has 1 N–H and O–H groups in total. The van der Waals surface area contributed by atoms with Crippen molar-refractivity contribution in [3.63, 3.8) is 0 Å². The lowest BCUT2D eigenvalue weighted by molar-refractivity contribution is -0.115. The number of nitrogens with zero attached hydrogens (tertiary/aromatic N) is 1. The summed E-state index contributed by atoms with van der Waals surface area (Å²) in [5.41, 5.74) is 2.82. The highest BCUT2D eigenvalue weighted by Crippen LogP contribution is 2.25. The lowest BCUT2D eigenvalue weighted by Gasteiger charge is -2.22. The molecule has 0 aliphatic rings. The third kappa shape index (κ3) is 4.01. The van der Waals surface area contributed by atoms with Crippen molar-refractivity contribution in [2.45, 2.75) is 13.8 Å². The van der Waals surface area contributed by atoms with E-state index in [1.54, 1.807) is 7.11 Å². The topological polar surface area (TPSA) is 41.6 Å². The fraction of sp³-hybridized carbons (Fsp3) is 0.278. The Morgan fingerprint density at radius 1 is 1.18 bits per heavy atom. The van der Waals surface area contributed by atoms with Crippen LogP contribution in [0.3, 0.4) is 0 Å². The van der Waals surface area contributed by atoms with Gasteiger partial charge in [0, 0.05) is 12.2 Å². The van der Waals surface area contributed by atoms with Crippen molar-refractivity contribution in [1.29, 1.82) is 0 Å². The first kappa shape index (κ1) is 15.9. The number of carbonyl (C=O) groups excluding carboxylic acids is 1. The highest BCUT2D eigenvalue weighted by atomic mass is 16.5. The van der Waals surface area contributed by atoms with Crippen molar-refractivity contribution in [2.75, 3.05) is 30.4 Å². The summed E-state index contributed by atoms with van der Waals surface area (Å²) in [6.45, 7) is 5.09. The number of hydrogen-bond donors (Lipinski definition) is 1. The second-order valence-corrected chi connectivity index (χ2v) is 5.10. The van der Waals surface area contributed by atoms with Crippen LogP contribution in [0.25, 0.3) is 0 Å². The van der Waals surface area contributed by atoms with E-state index >= 15 is 0 Å². The third-order valence-corrected chi connectivity index (χ3v) is 3.47. The minimum absolute atomic E-state index is 0.0606. The fourth-order valence-corrected chi connectivity index (χ4v) is 2.31. The number of benzene rings is 2. The van der Waals surface area contributed by atoms with Gasteiger partial charge in [0.15, 0.2) is 0 Å². The number of para-hydroxylation sites is 1. The molecule has 0 aliphatic carbocycles. The van der Waals surface area contributed by atoms with E-state index in [0.29, 0.717) is 18.0 Å². The Balaban J connectivity index is 2.08. The van der Waals surface area contributed by atoms with E-state index < -0.39 is 0 Å². The van der Waals surface area contributed by atoms with Gasteiger partial charge in [-0.25, -0.2) is 0 Å². The largest absolute Gasteiger partial charge is 0.495 e. The first-order valence-corrected chi connectivity index (χ1v) is 7.38. The summed E-state index contributed by atoms with van der Waals surface area (Å²) in [6, 6.07) is 15.6. The number of hydrogen-bond acceptors (Lipinski definition) is 3. The van der Waals surface area contributed by atoms with Crippen LogP contribution in [0.2, 0.25) is 0 Å². The summed E-state index contributed by atoms with van der Waals surface area (Å²) in [5.74, 6) is 0.608. The zero-order chi connectivity index (χ0) is 15.9. The van der Waals surface area contributed by atoms with E-state index in [-0.39, 0.29) is 5.91 Å². The maximum absolute atomic E-state index is 12.3. The lowest BCUT2D eigenvalue weighted by atomic mass is 10.2. The van der Waals surface area contributed by atoms with E-state index in [1.807, 2.05) is 67.3 Å². The van der Waals surface area contributed by atoms with Crippen molar-refractivity contribution in [3.8, 4) is 5.75 Å². The molecule has 0 bridgehead atoms. The molecule has 0 unspecified atom stereocenters. The summed E-state index contributed by atoms with van der Waals surface area (Å²) in [4.78, 5) is 14.4. The van der Waals surface area contributed by atoms with Crippen LogP contribution in [0, 0.1) is 6.92 Å². The van der Waals surface area contributed by atoms with E-state index in [2.05, 4.69) is 5.32 Å². The summed E-state index contributed by atoms with van der Waals surface area (Å²) in [7, 11) is 1.60. The molecule has 4 nitrogen and oxygen atoms in total. The molecule has 0 aromatic heterocycles. The molecule has 0 saturated heterocycles. The molecule has 0 saturated carbocycles. The van der Waals surface area contributed by atoms with Gasteiger partial charge in [0.25, 0.3) is 0 Å². The highest BCUT2D eigenvalue weighted by Gasteiger charge is 2.12. The van der Waals surface area contributed by atoms with Gasteiger partial charge in [-0.3, -0.25) is 4.79 Å². The van der Waals surface area contributed by atoms with Crippen LogP contribution in [0.5, 0.6) is 5.75 Å². The quantitative estimate of drug-likeness (QED) is 0.888. The number of ether oxygens (including phenoxy) is 1. The lowest BCUT2D eigenvalue weighted by Crippen LogP contribution is -2.33. The van der Waals surface area contributed by atoms with Crippen LogP contribution in [-0.2, 0) is 4.79 Å². The molecule has 0 atom stereocenters. The fourth-order valence-electron chi connectivity index (χ4n) is 2.31. The Morgan fingerprint density at radius 2 is 1.91 bits per heavy atom. The van der Waals surface area contributed by atoms with Gasteiger partial charge in [-0.1, -0.05) is 24.3 Å². The predicted octanol–water partition coefficient (Wildman–Crippen LogP) is 3.47. The molecule has 4 heteroatoms. The van der Waals surface area contributed by atoms with Crippen molar-refractivity contribution < 1.29 is 9.53 Å². The molecule has 0 spiro atoms. The Bertz CT molecular complexity index is 626. The average molecular weight is 298 g/mol. The number of nitrogens with one attached hydrogen (secondary N) is 1. The molecule has 0 heterocycles. The Hall–Kier alpha value is -2.49. The van der Waals surface area contributed by atoms with Gasteiger partial charge >= 0.3 is 0 Å². The third-order valence-electron chi connectivity index (χ3n) is 3.47. The number of carbonyl (C=O) groups is 1. The molecule has 2 rings (SSSR count). The molecule has 116 valence electrons. The predicted molar refractivity (Wildman–Crippen MR) is 90.7 cm³/mol. The number of rotatable bonds is 6. The van der Waals surface area contributed by atoms with Crippen LogP contribution < -0.4 is 15.0 Å². The molecular formula is C18H22N2O2. The van der Waals surface area contributed by atoms with Crippen LogP contribution >= 0.6 is 0 Å². The number of likely N-dealkylation sites (N-methyl/N-ethyl adjacent to an activating group) is 1. The number of aryl methyl sites for hydroxylation is 1. The van der Waals surface area contributed by atoms with E-state index in [9.17, 15) is 4.79 Å². The number of methoxy groups -OCH3 is 1. The smallest absolute Gasteiger partial charge is 0.243 e. The average Bonchev–Trinajstić information content (AvgIpc) is 2.53. The molecule has 0 fully saturated rings. The Kier molecular flexibility index (Phi) is 5.42. The first-order chi connectivity index (χ1) is 10.6. The zero-order valence-corrected chi connectivity index (χ0v) is 13.3. The first-order valence-electron chi connectivity index (χ1n) is 7.38. The minimum Gasteiger partial charge on any atom is -0.495 e. The van der Waals surface area contributed by atoms with Crippen molar-refractivity contribution in [3.05, 3.63) is 54.1 Å². The van der Waals surface area contributed by atoms with Gasteiger partial charge < -0.3 is 15.0 Å². The summed E-state index contributed by atoms with van der Waals surface area (Å²) >= 11 is 0. The summed E-state index contributed by atoms with van der Waals surface area (Å²) in [6.07, 6.45) is 0. The molecular weight excluding hydrogens is 276 g/mol. The summed E-state index contributed by atoms with van der Waals surface area (Å²) in [5, 5.41) is 2.93. The Morgan fingerprint density at radius 3 is 2.55 bits per heavy atom. The summed E-state index contributed by atoms with van der Waals surface area (Å²) < 4.78 is 5.29. The van der Waals surface area contributed by atoms with Crippen LogP contribution in [0.15, 0.2) is 48.5 Å². The second kappa shape index (κ2) is 7.50. The molecule has 1 amide bonds. The molecule has 2 aromatic carbocycles. The molecule has 22 heavy (non-hydrogen) atoms. The Labute approximate surface area is 131 Å². The normalized spacial score (nSPS) is 10.1. The van der Waals surface area contributed by atoms with E-state index in [0.717, 1.165) is 17.8 Å². The maximum atomic E-state index is 12.3. The number of anilines is 2. The number of amides is 1. The van der Waals surface area contributed by atoms with Crippen molar-refractivity contribution >= 4 is 17.3 Å². The van der Waals surface area contributed by atoms with Gasteiger partial charge in [0.05, 0.1) is 19.3 Å². The standard InChI is InChI=1S/C18H22N2O2/c1-4-20(15-8-6-5-7-9-15)13-18(21)19-16-12-14(2)10-11-17(16)22-3/h5-12H,4,13H2,1-3H3,(H,19,21). The van der Waals surface area contributed by atoms with Gasteiger partial charge in [0.2, 0.25) is 5.91 Å². The maximum Gasteiger partial charge on any atom is 0.243 e. The zero-order valence-electron chi connectivity index (χ0n) is 13.3. The van der Waals surface area contributed by atoms with Gasteiger partial charge in [-0.05, 0) is 43.7 Å². The van der Waals surface area contributed by atoms with Gasteiger partial charge in [0.1, 0.15) is 5.75 Å². The second-order valence-electron chi connectivity index (χ2n) is 5.10. The monoisotopic (exact) mass is 298 g/mol. The van der Waals surface area contributed by atoms with Crippen LogP contribution in [0.4, 0.5) is 11.4 Å². The molecule has 0 aliphatic heterocycles. The SMILES string of the molecule is CCN(CC(=O)Nc1cc(C)ccc1OC)c1ccccc1. The molecule has 0 radical (unpaired) electrons. The van der Waals surface area contributed by atoms with E-state index in [4.69, 9.17) is 4.74 Å². The molecule has 2 aromatic rings. The van der Waals surface area contributed by atoms with Crippen LogP contribution in [-0.4, -0.2) is 26.1 Å². The van der Waals surface area contributed by atoms with E-state index in [1.165, 1.54) is 0 Å². The van der Waals surface area contributed by atoms with Crippen molar-refractivity contribution in [1.82, 2.24) is 0 Å². The van der Waals surface area contributed by atoms with Crippen molar-refractivity contribution in [2.24, 2.45) is 0 Å². The highest BCUT2D eigenvalue weighted by molar-refractivity contribution is 5.95. The van der Waals surface area contributed by atoms with Gasteiger partial charge in [-0.15, -0.1) is 0 Å². The van der Waals surface area contributed by atoms with Crippen LogP contribution in [0.1, 0.15) is 12.5 Å².